The first kappa shape index (κ1) is 7.52. The summed E-state index contributed by atoms with van der Waals surface area (Å²) in [7, 11) is 0. The molecule has 1 N–H and O–H groups in total. The molecule has 0 amide bonds. The Bertz CT molecular complexity index is 353. The van der Waals surface area contributed by atoms with Gasteiger partial charge >= 0.3 is 0 Å². The first-order valence-corrected chi connectivity index (χ1v) is 4.46. The zero-order valence-corrected chi connectivity index (χ0v) is 7.16. The molecule has 0 spiro atoms. The smallest absolute Gasteiger partial charge is 0.136 e. The van der Waals surface area contributed by atoms with Crippen molar-refractivity contribution in [1.29, 1.82) is 0 Å². The van der Waals surface area contributed by atoms with E-state index in [-0.39, 0.29) is 6.73 Å². The molecule has 0 unspecified atom stereocenters. The minimum absolute atomic E-state index is 0.0641. The molecule has 0 bridgehead atoms. The molecule has 4 heteroatoms. The van der Waals surface area contributed by atoms with Crippen molar-refractivity contribution in [2.75, 3.05) is 0 Å². The van der Waals surface area contributed by atoms with Gasteiger partial charge in [0.25, 0.3) is 0 Å². The van der Waals surface area contributed by atoms with Crippen LogP contribution in [0.25, 0.3) is 10.6 Å². The van der Waals surface area contributed by atoms with Crippen LogP contribution < -0.4 is 0 Å². The maximum absolute atomic E-state index is 8.75. The summed E-state index contributed by atoms with van der Waals surface area (Å²) in [5, 5.41) is 14.9. The van der Waals surface area contributed by atoms with Gasteiger partial charge in [0, 0.05) is 6.20 Å². The van der Waals surface area contributed by atoms with Crippen LogP contribution in [-0.4, -0.2) is 14.9 Å². The summed E-state index contributed by atoms with van der Waals surface area (Å²) >= 11 is 1.64. The Kier molecular flexibility index (Phi) is 1.93. The standard InChI is InChI=1S/C8H8N2OS/c11-6-10-4-3-7(9-10)8-2-1-5-12-8/h1-5,11H,6H2. The van der Waals surface area contributed by atoms with Crippen LogP contribution in [0.3, 0.4) is 0 Å². The highest BCUT2D eigenvalue weighted by molar-refractivity contribution is 7.13. The lowest BCUT2D eigenvalue weighted by Gasteiger charge is -1.91. The molecule has 0 aliphatic heterocycles. The second-order valence-electron chi connectivity index (χ2n) is 2.36. The quantitative estimate of drug-likeness (QED) is 0.761. The molecule has 3 nitrogen and oxygen atoms in total. The maximum Gasteiger partial charge on any atom is 0.136 e. The zero-order valence-electron chi connectivity index (χ0n) is 6.34. The Morgan fingerprint density at radius 1 is 1.50 bits per heavy atom. The summed E-state index contributed by atoms with van der Waals surface area (Å²) in [6.45, 7) is -0.0641. The lowest BCUT2D eigenvalue weighted by atomic mass is 10.4. The number of thiophene rings is 1. The first-order chi connectivity index (χ1) is 5.90. The molecule has 0 aliphatic rings. The second kappa shape index (κ2) is 3.08. The van der Waals surface area contributed by atoms with Gasteiger partial charge in [-0.3, -0.25) is 0 Å². The third kappa shape index (κ3) is 1.26. The van der Waals surface area contributed by atoms with Crippen LogP contribution in [0.1, 0.15) is 0 Å². The van der Waals surface area contributed by atoms with E-state index < -0.39 is 0 Å². The van der Waals surface area contributed by atoms with Gasteiger partial charge in [-0.1, -0.05) is 6.07 Å². The van der Waals surface area contributed by atoms with Crippen LogP contribution in [0, 0.1) is 0 Å². The van der Waals surface area contributed by atoms with E-state index >= 15 is 0 Å². The van der Waals surface area contributed by atoms with Crippen LogP contribution in [-0.2, 0) is 6.73 Å². The monoisotopic (exact) mass is 180 g/mol. The summed E-state index contributed by atoms with van der Waals surface area (Å²) in [4.78, 5) is 1.13. The predicted molar refractivity (Wildman–Crippen MR) is 47.8 cm³/mol. The molecule has 0 fully saturated rings. The Labute approximate surface area is 73.9 Å². The van der Waals surface area contributed by atoms with Gasteiger partial charge in [-0.2, -0.15) is 5.10 Å². The highest BCUT2D eigenvalue weighted by atomic mass is 32.1. The number of nitrogens with zero attached hydrogens (tertiary/aromatic N) is 2. The largest absolute Gasteiger partial charge is 0.374 e. The second-order valence-corrected chi connectivity index (χ2v) is 3.31. The van der Waals surface area contributed by atoms with Crippen LogP contribution in [0.2, 0.25) is 0 Å². The van der Waals surface area contributed by atoms with Gasteiger partial charge in [0.15, 0.2) is 0 Å². The summed E-state index contributed by atoms with van der Waals surface area (Å²) in [5.41, 5.74) is 0.916. The minimum Gasteiger partial charge on any atom is -0.374 e. The highest BCUT2D eigenvalue weighted by Gasteiger charge is 2.01. The van der Waals surface area contributed by atoms with E-state index in [0.717, 1.165) is 10.6 Å². The summed E-state index contributed by atoms with van der Waals surface area (Å²) in [6.07, 6.45) is 1.76. The molecule has 2 heterocycles. The van der Waals surface area contributed by atoms with E-state index in [1.807, 2.05) is 23.6 Å². The van der Waals surface area contributed by atoms with E-state index in [9.17, 15) is 0 Å². The number of hydrogen-bond donors (Lipinski definition) is 1. The maximum atomic E-state index is 8.75. The third-order valence-corrected chi connectivity index (χ3v) is 2.45. The number of aliphatic hydroxyl groups is 1. The molecule has 0 atom stereocenters. The third-order valence-electron chi connectivity index (χ3n) is 1.56. The van der Waals surface area contributed by atoms with E-state index in [2.05, 4.69) is 5.10 Å². The molecule has 0 aromatic carbocycles. The lowest BCUT2D eigenvalue weighted by Crippen LogP contribution is -1.95. The van der Waals surface area contributed by atoms with Crippen molar-refractivity contribution in [3.8, 4) is 10.6 Å². The summed E-state index contributed by atoms with van der Waals surface area (Å²) in [5.74, 6) is 0. The Balaban J connectivity index is 2.35. The topological polar surface area (TPSA) is 38.0 Å². The Morgan fingerprint density at radius 3 is 3.00 bits per heavy atom. The molecule has 12 heavy (non-hydrogen) atoms. The molecule has 0 radical (unpaired) electrons. The lowest BCUT2D eigenvalue weighted by molar-refractivity contribution is 0.195. The number of hydrogen-bond acceptors (Lipinski definition) is 3. The van der Waals surface area contributed by atoms with Crippen molar-refractivity contribution >= 4 is 11.3 Å². The van der Waals surface area contributed by atoms with Crippen molar-refractivity contribution in [2.45, 2.75) is 6.73 Å². The zero-order chi connectivity index (χ0) is 8.39. The Hall–Kier alpha value is -1.13. The predicted octanol–water partition coefficient (Wildman–Crippen LogP) is 1.56. The van der Waals surface area contributed by atoms with Gasteiger partial charge in [0.05, 0.1) is 4.88 Å². The molecular weight excluding hydrogens is 172 g/mol. The Morgan fingerprint density at radius 2 is 2.42 bits per heavy atom. The highest BCUT2D eigenvalue weighted by Crippen LogP contribution is 2.21. The molecule has 2 aromatic heterocycles. The van der Waals surface area contributed by atoms with Crippen LogP contribution >= 0.6 is 11.3 Å². The van der Waals surface area contributed by atoms with E-state index in [1.165, 1.54) is 4.68 Å². The molecule has 62 valence electrons. The van der Waals surface area contributed by atoms with Crippen LogP contribution in [0.5, 0.6) is 0 Å². The van der Waals surface area contributed by atoms with Gasteiger partial charge in [-0.05, 0) is 17.5 Å². The van der Waals surface area contributed by atoms with Crippen molar-refractivity contribution < 1.29 is 5.11 Å². The minimum atomic E-state index is -0.0641. The van der Waals surface area contributed by atoms with Gasteiger partial charge in [-0.25, -0.2) is 4.68 Å². The van der Waals surface area contributed by atoms with Gasteiger partial charge in [0.1, 0.15) is 12.4 Å². The van der Waals surface area contributed by atoms with E-state index in [4.69, 9.17) is 5.11 Å². The molecule has 2 rings (SSSR count). The van der Waals surface area contributed by atoms with Crippen molar-refractivity contribution in [3.63, 3.8) is 0 Å². The number of aromatic nitrogens is 2. The fourth-order valence-corrected chi connectivity index (χ4v) is 1.69. The fraction of sp³-hybridized carbons (Fsp3) is 0.125. The van der Waals surface area contributed by atoms with Crippen LogP contribution in [0.15, 0.2) is 29.8 Å². The van der Waals surface area contributed by atoms with Crippen molar-refractivity contribution in [3.05, 3.63) is 29.8 Å². The van der Waals surface area contributed by atoms with Gasteiger partial charge < -0.3 is 5.11 Å². The number of aliphatic hydroxyl groups excluding tert-OH is 1. The molecule has 2 aromatic rings. The van der Waals surface area contributed by atoms with Gasteiger partial charge in [0.2, 0.25) is 0 Å². The molecule has 0 saturated heterocycles. The van der Waals surface area contributed by atoms with E-state index in [1.54, 1.807) is 17.5 Å². The average Bonchev–Trinajstić information content (AvgIpc) is 2.75. The first-order valence-electron chi connectivity index (χ1n) is 3.58. The van der Waals surface area contributed by atoms with Gasteiger partial charge in [-0.15, -0.1) is 11.3 Å². The van der Waals surface area contributed by atoms with Crippen LogP contribution in [0.4, 0.5) is 0 Å². The fourth-order valence-electron chi connectivity index (χ4n) is 0.996. The SMILES string of the molecule is OCn1ccc(-c2cccs2)n1. The van der Waals surface area contributed by atoms with Crippen molar-refractivity contribution in [2.24, 2.45) is 0 Å². The van der Waals surface area contributed by atoms with Crippen molar-refractivity contribution in [1.82, 2.24) is 9.78 Å². The molecular formula is C8H8N2OS. The molecule has 0 aliphatic carbocycles. The van der Waals surface area contributed by atoms with E-state index in [0.29, 0.717) is 0 Å². The summed E-state index contributed by atoms with van der Waals surface area (Å²) in [6, 6.07) is 5.88. The normalized spacial score (nSPS) is 10.4. The average molecular weight is 180 g/mol. The molecule has 0 saturated carbocycles. The number of rotatable bonds is 2. The summed E-state index contributed by atoms with van der Waals surface area (Å²) < 4.78 is 1.50.